The third kappa shape index (κ3) is 2.12. The van der Waals surface area contributed by atoms with Gasteiger partial charge in [-0.1, -0.05) is 0 Å². The molecule has 1 fully saturated rings. The molecule has 5 nitrogen and oxygen atoms in total. The van der Waals surface area contributed by atoms with Gasteiger partial charge in [0.25, 0.3) is 0 Å². The molecule has 1 heterocycles. The summed E-state index contributed by atoms with van der Waals surface area (Å²) in [7, 11) is 0. The average Bonchev–Trinajstić information content (AvgIpc) is 2.13. The van der Waals surface area contributed by atoms with Crippen LogP contribution in [0.25, 0.3) is 0 Å². The van der Waals surface area contributed by atoms with Crippen LogP contribution < -0.4 is 0 Å². The number of hydrogen-bond donors (Lipinski definition) is 4. The zero-order valence-electron chi connectivity index (χ0n) is 6.93. The zero-order chi connectivity index (χ0) is 10.1. The number of hydrogen-bond acceptors (Lipinski definition) is 5. The van der Waals surface area contributed by atoms with Crippen molar-refractivity contribution in [3.05, 3.63) is 0 Å². The molecule has 1 saturated heterocycles. The van der Waals surface area contributed by atoms with Crippen molar-refractivity contribution >= 4 is 11.6 Å². The molecule has 6 heteroatoms. The SMILES string of the molecule is OC[C@]1(O)OC(CCl)CC(O)C1O. The van der Waals surface area contributed by atoms with E-state index in [0.29, 0.717) is 0 Å². The molecule has 0 aromatic heterocycles. The van der Waals surface area contributed by atoms with E-state index in [4.69, 9.17) is 21.4 Å². The predicted octanol–water partition coefficient (Wildman–Crippen LogP) is -1.58. The highest BCUT2D eigenvalue weighted by atomic mass is 35.5. The zero-order valence-corrected chi connectivity index (χ0v) is 7.68. The molecule has 0 spiro atoms. The minimum Gasteiger partial charge on any atom is -0.391 e. The topological polar surface area (TPSA) is 90.2 Å². The maximum atomic E-state index is 9.48. The Balaban J connectivity index is 2.71. The molecule has 13 heavy (non-hydrogen) atoms. The minimum absolute atomic E-state index is 0.0894. The molecule has 1 aliphatic rings. The summed E-state index contributed by atoms with van der Waals surface area (Å²) in [5.41, 5.74) is 0. The van der Waals surface area contributed by atoms with E-state index in [0.717, 1.165) is 0 Å². The first-order chi connectivity index (χ1) is 6.03. The van der Waals surface area contributed by atoms with Crippen LogP contribution in [0.3, 0.4) is 0 Å². The maximum absolute atomic E-state index is 9.48. The molecule has 0 saturated carbocycles. The van der Waals surface area contributed by atoms with Gasteiger partial charge in [0.15, 0.2) is 0 Å². The van der Waals surface area contributed by atoms with Crippen LogP contribution in [0.5, 0.6) is 0 Å². The Morgan fingerprint density at radius 3 is 2.54 bits per heavy atom. The summed E-state index contributed by atoms with van der Waals surface area (Å²) in [6.45, 7) is -0.779. The van der Waals surface area contributed by atoms with E-state index in [1.54, 1.807) is 0 Å². The Hall–Kier alpha value is 0.0900. The molecule has 4 N–H and O–H groups in total. The van der Waals surface area contributed by atoms with Gasteiger partial charge >= 0.3 is 0 Å². The number of halogens is 1. The third-order valence-electron chi connectivity index (χ3n) is 2.10. The lowest BCUT2D eigenvalue weighted by molar-refractivity contribution is -0.329. The van der Waals surface area contributed by atoms with Crippen molar-refractivity contribution in [1.82, 2.24) is 0 Å². The average molecular weight is 213 g/mol. The normalized spacial score (nSPS) is 46.4. The monoisotopic (exact) mass is 212 g/mol. The van der Waals surface area contributed by atoms with E-state index in [-0.39, 0.29) is 12.3 Å². The molecule has 0 radical (unpaired) electrons. The van der Waals surface area contributed by atoms with Gasteiger partial charge in [0, 0.05) is 12.3 Å². The Kier molecular flexibility index (Phi) is 3.50. The van der Waals surface area contributed by atoms with Gasteiger partial charge in [0.2, 0.25) is 5.79 Å². The molecule has 4 atom stereocenters. The van der Waals surface area contributed by atoms with Crippen molar-refractivity contribution in [2.24, 2.45) is 0 Å². The van der Waals surface area contributed by atoms with Crippen molar-refractivity contribution in [3.63, 3.8) is 0 Å². The summed E-state index contributed by atoms with van der Waals surface area (Å²) in [4.78, 5) is 0. The number of aliphatic hydroxyl groups excluding tert-OH is 3. The van der Waals surface area contributed by atoms with Crippen LogP contribution in [0, 0.1) is 0 Å². The summed E-state index contributed by atoms with van der Waals surface area (Å²) in [5, 5.41) is 36.8. The highest BCUT2D eigenvalue weighted by Crippen LogP contribution is 2.27. The van der Waals surface area contributed by atoms with E-state index in [1.807, 2.05) is 0 Å². The Labute approximate surface area is 80.5 Å². The van der Waals surface area contributed by atoms with Crippen molar-refractivity contribution in [1.29, 1.82) is 0 Å². The first-order valence-electron chi connectivity index (χ1n) is 3.96. The lowest BCUT2D eigenvalue weighted by Gasteiger charge is -2.41. The van der Waals surface area contributed by atoms with Crippen LogP contribution in [0.4, 0.5) is 0 Å². The lowest BCUT2D eigenvalue weighted by Crippen LogP contribution is -2.60. The number of rotatable bonds is 2. The highest BCUT2D eigenvalue weighted by molar-refractivity contribution is 6.18. The summed E-state index contributed by atoms with van der Waals surface area (Å²) >= 11 is 5.47. The van der Waals surface area contributed by atoms with Crippen LogP contribution in [0.1, 0.15) is 6.42 Å². The number of alkyl halides is 1. The van der Waals surface area contributed by atoms with Gasteiger partial charge in [-0.05, 0) is 0 Å². The second kappa shape index (κ2) is 4.08. The molecule has 0 aliphatic carbocycles. The fourth-order valence-corrected chi connectivity index (χ4v) is 1.52. The molecule has 1 rings (SSSR count). The Morgan fingerprint density at radius 2 is 2.08 bits per heavy atom. The van der Waals surface area contributed by atoms with Crippen molar-refractivity contribution in [2.45, 2.75) is 30.5 Å². The Morgan fingerprint density at radius 1 is 1.46 bits per heavy atom. The first kappa shape index (κ1) is 11.2. The fraction of sp³-hybridized carbons (Fsp3) is 1.00. The second-order valence-corrected chi connectivity index (χ2v) is 3.45. The molecular formula is C7H13ClO5. The smallest absolute Gasteiger partial charge is 0.218 e. The predicted molar refractivity (Wildman–Crippen MR) is 44.3 cm³/mol. The Bertz CT molecular complexity index is 178. The van der Waals surface area contributed by atoms with E-state index < -0.39 is 30.7 Å². The highest BCUT2D eigenvalue weighted by Gasteiger charge is 2.47. The van der Waals surface area contributed by atoms with Gasteiger partial charge in [0.05, 0.1) is 18.8 Å². The second-order valence-electron chi connectivity index (χ2n) is 3.14. The van der Waals surface area contributed by atoms with Gasteiger partial charge in [-0.15, -0.1) is 11.6 Å². The largest absolute Gasteiger partial charge is 0.391 e. The van der Waals surface area contributed by atoms with Crippen molar-refractivity contribution in [2.75, 3.05) is 12.5 Å². The molecule has 0 aromatic carbocycles. The molecule has 3 unspecified atom stereocenters. The third-order valence-corrected chi connectivity index (χ3v) is 2.44. The van der Waals surface area contributed by atoms with Crippen LogP contribution >= 0.6 is 11.6 Å². The van der Waals surface area contributed by atoms with Crippen LogP contribution in [-0.4, -0.2) is 57.0 Å². The molecule has 0 amide bonds. The minimum atomic E-state index is -2.10. The number of ether oxygens (including phenoxy) is 1. The summed E-state index contributed by atoms with van der Waals surface area (Å²) < 4.78 is 4.92. The molecule has 0 bridgehead atoms. The summed E-state index contributed by atoms with van der Waals surface area (Å²) in [6, 6.07) is 0. The van der Waals surface area contributed by atoms with Gasteiger partial charge in [-0.2, -0.15) is 0 Å². The summed E-state index contributed by atoms with van der Waals surface area (Å²) in [6.07, 6.45) is -3.05. The van der Waals surface area contributed by atoms with E-state index in [9.17, 15) is 15.3 Å². The molecular weight excluding hydrogens is 200 g/mol. The summed E-state index contributed by atoms with van der Waals surface area (Å²) in [5.74, 6) is -2.01. The fourth-order valence-electron chi connectivity index (χ4n) is 1.33. The van der Waals surface area contributed by atoms with Gasteiger partial charge in [-0.25, -0.2) is 0 Å². The van der Waals surface area contributed by atoms with Crippen LogP contribution in [0.2, 0.25) is 0 Å². The first-order valence-corrected chi connectivity index (χ1v) is 4.50. The molecule has 1 aliphatic heterocycles. The van der Waals surface area contributed by atoms with Crippen LogP contribution in [-0.2, 0) is 4.74 Å². The van der Waals surface area contributed by atoms with E-state index >= 15 is 0 Å². The molecule has 0 aromatic rings. The van der Waals surface area contributed by atoms with E-state index in [2.05, 4.69) is 0 Å². The van der Waals surface area contributed by atoms with Gasteiger partial charge in [0.1, 0.15) is 6.10 Å². The van der Waals surface area contributed by atoms with Gasteiger partial charge in [-0.3, -0.25) is 0 Å². The van der Waals surface area contributed by atoms with Crippen LogP contribution in [0.15, 0.2) is 0 Å². The number of aliphatic hydroxyl groups is 4. The van der Waals surface area contributed by atoms with E-state index in [1.165, 1.54) is 0 Å². The quantitative estimate of drug-likeness (QED) is 0.415. The van der Waals surface area contributed by atoms with Crippen molar-refractivity contribution < 1.29 is 25.2 Å². The molecule has 78 valence electrons. The maximum Gasteiger partial charge on any atom is 0.218 e. The van der Waals surface area contributed by atoms with Gasteiger partial charge < -0.3 is 25.2 Å². The standard InChI is InChI=1S/C7H13ClO5/c8-2-4-1-5(10)6(11)7(12,3-9)13-4/h4-6,9-12H,1-3H2/t4?,5?,6?,7-/m0/s1. The van der Waals surface area contributed by atoms with Crippen molar-refractivity contribution in [3.8, 4) is 0 Å². The lowest BCUT2D eigenvalue weighted by atomic mass is 9.96.